The van der Waals surface area contributed by atoms with Crippen LogP contribution < -0.4 is 10.6 Å². The lowest BCUT2D eigenvalue weighted by molar-refractivity contribution is -0.137. The normalized spacial score (nSPS) is 11.6. The van der Waals surface area contributed by atoms with Gasteiger partial charge in [0.15, 0.2) is 15.7 Å². The predicted octanol–water partition coefficient (Wildman–Crippen LogP) is 6.18. The summed E-state index contributed by atoms with van der Waals surface area (Å²) in [5.74, 6) is -1.31. The Hall–Kier alpha value is -3.28. The van der Waals surface area contributed by atoms with Crippen molar-refractivity contribution in [1.82, 2.24) is 15.0 Å². The fourth-order valence-electron chi connectivity index (χ4n) is 2.70. The zero-order chi connectivity index (χ0) is 25.7. The largest absolute Gasteiger partial charge is 0.416 e. The van der Waals surface area contributed by atoms with Gasteiger partial charge in [-0.05, 0) is 50.2 Å². The third kappa shape index (κ3) is 7.37. The summed E-state index contributed by atoms with van der Waals surface area (Å²) in [5, 5.41) is 5.74. The molecule has 3 rings (SSSR count). The van der Waals surface area contributed by atoms with E-state index in [0.717, 1.165) is 18.4 Å². The van der Waals surface area contributed by atoms with E-state index in [1.807, 2.05) is 13.8 Å². The van der Waals surface area contributed by atoms with Gasteiger partial charge >= 0.3 is 6.18 Å². The molecule has 0 bridgehead atoms. The van der Waals surface area contributed by atoms with Gasteiger partial charge in [-0.25, -0.2) is 12.8 Å². The molecule has 0 fully saturated rings. The van der Waals surface area contributed by atoms with E-state index >= 15 is 0 Å². The molecule has 7 nitrogen and oxygen atoms in total. The van der Waals surface area contributed by atoms with Gasteiger partial charge in [0.25, 0.3) is 0 Å². The highest BCUT2D eigenvalue weighted by atomic mass is 32.2. The molecule has 0 amide bonds. The summed E-state index contributed by atoms with van der Waals surface area (Å²) >= 11 is 0. The van der Waals surface area contributed by atoms with Crippen molar-refractivity contribution in [3.63, 3.8) is 0 Å². The third-order valence-corrected chi connectivity index (χ3v) is 5.17. The van der Waals surface area contributed by atoms with Crippen LogP contribution >= 0.6 is 0 Å². The number of nitrogens with one attached hydrogen (secondary N) is 2. The van der Waals surface area contributed by atoms with Crippen molar-refractivity contribution in [2.45, 2.75) is 44.8 Å². The lowest BCUT2D eigenvalue weighted by Gasteiger charge is -2.13. The number of hydrogen-bond donors (Lipinski definition) is 2. The van der Waals surface area contributed by atoms with E-state index in [9.17, 15) is 26.0 Å². The lowest BCUT2D eigenvalue weighted by Crippen LogP contribution is -2.14. The molecule has 0 aliphatic rings. The first kappa shape index (κ1) is 27.0. The SMILES string of the molecule is CC.CC(C)Nc1nc(Nc2cccc(S(C)(=O)=O)c2)nc(-c2cc(F)cc(C(F)(F)F)c2)n1.[HH].[HH]. The van der Waals surface area contributed by atoms with E-state index in [0.29, 0.717) is 11.8 Å². The first-order chi connectivity index (χ1) is 15.8. The van der Waals surface area contributed by atoms with Gasteiger partial charge in [0, 0.05) is 26.4 Å². The van der Waals surface area contributed by atoms with E-state index in [-0.39, 0.29) is 37.1 Å². The van der Waals surface area contributed by atoms with Gasteiger partial charge in [-0.3, -0.25) is 0 Å². The molecule has 2 N–H and O–H groups in total. The van der Waals surface area contributed by atoms with Crippen LogP contribution in [0, 0.1) is 5.82 Å². The van der Waals surface area contributed by atoms with Gasteiger partial charge in [-0.2, -0.15) is 28.1 Å². The van der Waals surface area contributed by atoms with Gasteiger partial charge in [-0.1, -0.05) is 19.9 Å². The summed E-state index contributed by atoms with van der Waals surface area (Å²) in [4.78, 5) is 12.4. The molecule has 0 unspecified atom stereocenters. The second-order valence-corrected chi connectivity index (χ2v) is 9.27. The van der Waals surface area contributed by atoms with Gasteiger partial charge in [0.2, 0.25) is 11.9 Å². The molecule has 12 heteroatoms. The van der Waals surface area contributed by atoms with Crippen molar-refractivity contribution in [2.75, 3.05) is 16.9 Å². The van der Waals surface area contributed by atoms with Crippen molar-refractivity contribution >= 4 is 27.4 Å². The molecule has 3 aromatic rings. The number of sulfone groups is 1. The molecule has 1 aromatic heterocycles. The van der Waals surface area contributed by atoms with Crippen LogP contribution in [0.3, 0.4) is 0 Å². The second kappa shape index (κ2) is 10.8. The summed E-state index contributed by atoms with van der Waals surface area (Å²) in [6.45, 7) is 7.60. The molecular formula is C22H29F4N5O2S. The third-order valence-electron chi connectivity index (χ3n) is 4.05. The van der Waals surface area contributed by atoms with Crippen LogP contribution in [-0.2, 0) is 16.0 Å². The maximum Gasteiger partial charge on any atom is 0.416 e. The van der Waals surface area contributed by atoms with Crippen molar-refractivity contribution in [2.24, 2.45) is 0 Å². The highest BCUT2D eigenvalue weighted by molar-refractivity contribution is 7.90. The fourth-order valence-corrected chi connectivity index (χ4v) is 3.37. The number of benzene rings is 2. The average molecular weight is 504 g/mol. The van der Waals surface area contributed by atoms with E-state index in [1.54, 1.807) is 19.9 Å². The molecule has 1 heterocycles. The van der Waals surface area contributed by atoms with Crippen LogP contribution in [-0.4, -0.2) is 35.7 Å². The molecule has 0 atom stereocenters. The van der Waals surface area contributed by atoms with Crippen LogP contribution in [0.5, 0.6) is 0 Å². The molecular weight excluding hydrogens is 474 g/mol. The van der Waals surface area contributed by atoms with Crippen molar-refractivity contribution in [3.05, 3.63) is 53.8 Å². The second-order valence-electron chi connectivity index (χ2n) is 7.26. The Morgan fingerprint density at radius 1 is 0.971 bits per heavy atom. The van der Waals surface area contributed by atoms with Crippen LogP contribution in [0.1, 0.15) is 36.1 Å². The molecule has 2 aromatic carbocycles. The van der Waals surface area contributed by atoms with Crippen molar-refractivity contribution < 1.29 is 28.8 Å². The average Bonchev–Trinajstić information content (AvgIpc) is 2.73. The summed E-state index contributed by atoms with van der Waals surface area (Å²) in [6, 6.07) is 7.74. The van der Waals surface area contributed by atoms with Crippen LogP contribution in [0.2, 0.25) is 0 Å². The van der Waals surface area contributed by atoms with Gasteiger partial charge in [-0.15, -0.1) is 0 Å². The van der Waals surface area contributed by atoms with Crippen LogP contribution in [0.4, 0.5) is 35.1 Å². The minimum absolute atomic E-state index is 0. The van der Waals surface area contributed by atoms with Gasteiger partial charge in [0.05, 0.1) is 10.5 Å². The highest BCUT2D eigenvalue weighted by Crippen LogP contribution is 2.33. The number of hydrogen-bond acceptors (Lipinski definition) is 7. The molecule has 0 radical (unpaired) electrons. The number of alkyl halides is 3. The predicted molar refractivity (Wildman–Crippen MR) is 127 cm³/mol. The zero-order valence-corrected chi connectivity index (χ0v) is 20.0. The van der Waals surface area contributed by atoms with E-state index in [4.69, 9.17) is 0 Å². The number of aromatic nitrogens is 3. The van der Waals surface area contributed by atoms with E-state index in [1.165, 1.54) is 18.2 Å². The Morgan fingerprint density at radius 3 is 2.21 bits per heavy atom. The maximum absolute atomic E-state index is 13.9. The molecule has 0 aliphatic heterocycles. The van der Waals surface area contributed by atoms with Gasteiger partial charge in [0.1, 0.15) is 5.82 Å². The van der Waals surface area contributed by atoms with Gasteiger partial charge < -0.3 is 10.6 Å². The molecule has 0 saturated carbocycles. The quantitative estimate of drug-likeness (QED) is 0.388. The van der Waals surface area contributed by atoms with Crippen LogP contribution in [0.25, 0.3) is 11.4 Å². The Morgan fingerprint density at radius 2 is 1.62 bits per heavy atom. The Bertz CT molecular complexity index is 1260. The van der Waals surface area contributed by atoms with E-state index in [2.05, 4.69) is 25.6 Å². The number of halogens is 4. The summed E-state index contributed by atoms with van der Waals surface area (Å²) in [5.41, 5.74) is -1.04. The molecule has 0 spiro atoms. The van der Waals surface area contributed by atoms with Crippen LogP contribution in [0.15, 0.2) is 47.4 Å². The lowest BCUT2D eigenvalue weighted by atomic mass is 10.1. The minimum Gasteiger partial charge on any atom is -0.352 e. The Balaban J connectivity index is 0.00000299. The summed E-state index contributed by atoms with van der Waals surface area (Å²) < 4.78 is 76.8. The first-order valence-corrected chi connectivity index (χ1v) is 12.2. The standard InChI is InChI=1S/C20H19F4N5O2S.C2H6.2H2/c1-11(2)25-18-27-17(12-7-13(20(22,23)24)9-14(21)8-12)28-19(29-18)26-15-5-4-6-16(10-15)32(3,30)31;1-2;;/h4-11H,1-3H3,(H2,25,26,27,28,29);1-2H3;2*1H. The summed E-state index contributed by atoms with van der Waals surface area (Å²) in [6.07, 6.45) is -3.70. The molecule has 0 saturated heterocycles. The maximum atomic E-state index is 13.9. The highest BCUT2D eigenvalue weighted by Gasteiger charge is 2.31. The molecule has 188 valence electrons. The fraction of sp³-hybridized carbons (Fsp3) is 0.318. The number of anilines is 3. The Labute approximate surface area is 198 Å². The topological polar surface area (TPSA) is 96.9 Å². The molecule has 34 heavy (non-hydrogen) atoms. The first-order valence-electron chi connectivity index (χ1n) is 10.3. The summed E-state index contributed by atoms with van der Waals surface area (Å²) in [7, 11) is -3.47. The van der Waals surface area contributed by atoms with E-state index < -0.39 is 27.4 Å². The molecule has 0 aliphatic carbocycles. The minimum atomic E-state index is -4.75. The van der Waals surface area contributed by atoms with Crippen molar-refractivity contribution in [3.8, 4) is 11.4 Å². The Kier molecular flexibility index (Phi) is 8.54. The smallest absolute Gasteiger partial charge is 0.352 e. The van der Waals surface area contributed by atoms with Crippen molar-refractivity contribution in [1.29, 1.82) is 0 Å². The number of rotatable bonds is 6. The monoisotopic (exact) mass is 503 g/mol. The number of nitrogens with zero attached hydrogens (tertiary/aromatic N) is 3. The zero-order valence-electron chi connectivity index (χ0n) is 19.2.